The Hall–Kier alpha value is -1.87. The summed E-state index contributed by atoms with van der Waals surface area (Å²) in [5.41, 5.74) is 4.82. The number of hydrogen-bond donors (Lipinski definition) is 1. The molecule has 1 N–H and O–H groups in total. The Balaban J connectivity index is 2.10. The Morgan fingerprint density at radius 2 is 1.62 bits per heavy atom. The molecule has 0 aliphatic carbocycles. The number of nitrogens with zero attached hydrogens (tertiary/aromatic N) is 1. The molecule has 0 aliphatic rings. The summed E-state index contributed by atoms with van der Waals surface area (Å²) in [7, 11) is 0. The first-order valence-corrected chi connectivity index (χ1v) is 7.68. The molecule has 0 fully saturated rings. The zero-order valence-electron chi connectivity index (χ0n) is 12.9. The first-order chi connectivity index (χ1) is 10.1. The highest BCUT2D eigenvalue weighted by atomic mass is 32.1. The Morgan fingerprint density at radius 1 is 1.00 bits per heavy atom. The third-order valence-corrected chi connectivity index (χ3v) is 3.96. The summed E-state index contributed by atoms with van der Waals surface area (Å²) >= 11 is 5.59. The molecule has 110 valence electrons. The molecule has 0 atom stereocenters. The van der Waals surface area contributed by atoms with Gasteiger partial charge in [-0.1, -0.05) is 48.5 Å². The van der Waals surface area contributed by atoms with Crippen LogP contribution in [0.15, 0.2) is 48.5 Å². The Kier molecular flexibility index (Phi) is 5.34. The SMILES string of the molecule is CCN(Cc1ccccc1)C(=S)Nc1c(C)cccc1C. The van der Waals surface area contributed by atoms with Gasteiger partial charge in [0.1, 0.15) is 0 Å². The average Bonchev–Trinajstić information content (AvgIpc) is 2.49. The number of para-hydroxylation sites is 1. The van der Waals surface area contributed by atoms with E-state index in [0.717, 1.165) is 23.9 Å². The zero-order valence-corrected chi connectivity index (χ0v) is 13.7. The van der Waals surface area contributed by atoms with Crippen LogP contribution in [0.3, 0.4) is 0 Å². The third kappa shape index (κ3) is 4.05. The van der Waals surface area contributed by atoms with E-state index in [4.69, 9.17) is 12.2 Å². The second-order valence-corrected chi connectivity index (χ2v) is 5.58. The van der Waals surface area contributed by atoms with Crippen molar-refractivity contribution in [2.75, 3.05) is 11.9 Å². The monoisotopic (exact) mass is 298 g/mol. The van der Waals surface area contributed by atoms with E-state index in [-0.39, 0.29) is 0 Å². The molecule has 0 aromatic heterocycles. The summed E-state index contributed by atoms with van der Waals surface area (Å²) in [5, 5.41) is 4.18. The standard InChI is InChI=1S/C18H22N2S/c1-4-20(13-16-11-6-5-7-12-16)18(21)19-17-14(2)9-8-10-15(17)3/h5-12H,4,13H2,1-3H3,(H,19,21). The van der Waals surface area contributed by atoms with Gasteiger partial charge in [-0.2, -0.15) is 0 Å². The van der Waals surface area contributed by atoms with Gasteiger partial charge < -0.3 is 10.2 Å². The fourth-order valence-corrected chi connectivity index (χ4v) is 2.62. The molecule has 0 amide bonds. The fourth-order valence-electron chi connectivity index (χ4n) is 2.33. The highest BCUT2D eigenvalue weighted by Gasteiger charge is 2.10. The van der Waals surface area contributed by atoms with Crippen molar-refractivity contribution in [3.8, 4) is 0 Å². The maximum absolute atomic E-state index is 5.59. The molecular weight excluding hydrogens is 276 g/mol. The number of benzene rings is 2. The van der Waals surface area contributed by atoms with Crippen molar-refractivity contribution in [2.24, 2.45) is 0 Å². The van der Waals surface area contributed by atoms with Crippen LogP contribution in [0, 0.1) is 13.8 Å². The van der Waals surface area contributed by atoms with E-state index in [2.05, 4.69) is 73.5 Å². The van der Waals surface area contributed by atoms with Crippen LogP contribution in [-0.2, 0) is 6.54 Å². The fraction of sp³-hybridized carbons (Fsp3) is 0.278. The van der Waals surface area contributed by atoms with E-state index in [1.165, 1.54) is 16.7 Å². The summed E-state index contributed by atoms with van der Waals surface area (Å²) < 4.78 is 0. The normalized spacial score (nSPS) is 10.2. The van der Waals surface area contributed by atoms with Gasteiger partial charge in [0.2, 0.25) is 0 Å². The van der Waals surface area contributed by atoms with Crippen LogP contribution in [0.25, 0.3) is 0 Å². The van der Waals surface area contributed by atoms with Gasteiger partial charge in [0.15, 0.2) is 5.11 Å². The second kappa shape index (κ2) is 7.23. The van der Waals surface area contributed by atoms with Crippen molar-refractivity contribution >= 4 is 23.0 Å². The quantitative estimate of drug-likeness (QED) is 0.835. The van der Waals surface area contributed by atoms with Crippen molar-refractivity contribution < 1.29 is 0 Å². The lowest BCUT2D eigenvalue weighted by molar-refractivity contribution is 0.442. The van der Waals surface area contributed by atoms with Gasteiger partial charge in [-0.3, -0.25) is 0 Å². The third-order valence-electron chi connectivity index (χ3n) is 3.60. The average molecular weight is 298 g/mol. The molecule has 21 heavy (non-hydrogen) atoms. The van der Waals surface area contributed by atoms with Gasteiger partial charge in [0.05, 0.1) is 0 Å². The molecule has 0 saturated carbocycles. The van der Waals surface area contributed by atoms with Crippen LogP contribution in [0.4, 0.5) is 5.69 Å². The van der Waals surface area contributed by atoms with E-state index >= 15 is 0 Å². The summed E-state index contributed by atoms with van der Waals surface area (Å²) in [5.74, 6) is 0. The number of hydrogen-bond acceptors (Lipinski definition) is 1. The minimum Gasteiger partial charge on any atom is -0.345 e. The van der Waals surface area contributed by atoms with Gasteiger partial charge in [-0.25, -0.2) is 0 Å². The molecular formula is C18H22N2S. The lowest BCUT2D eigenvalue weighted by atomic mass is 10.1. The van der Waals surface area contributed by atoms with E-state index in [9.17, 15) is 0 Å². The maximum atomic E-state index is 5.59. The minimum absolute atomic E-state index is 0.777. The van der Waals surface area contributed by atoms with Crippen molar-refractivity contribution in [1.29, 1.82) is 0 Å². The summed E-state index contributed by atoms with van der Waals surface area (Å²) in [4.78, 5) is 2.18. The molecule has 0 heterocycles. The zero-order chi connectivity index (χ0) is 15.2. The number of anilines is 1. The van der Waals surface area contributed by atoms with Crippen LogP contribution in [-0.4, -0.2) is 16.6 Å². The lowest BCUT2D eigenvalue weighted by Gasteiger charge is -2.25. The molecule has 3 heteroatoms. The minimum atomic E-state index is 0.777. The number of rotatable bonds is 4. The highest BCUT2D eigenvalue weighted by molar-refractivity contribution is 7.80. The van der Waals surface area contributed by atoms with Gasteiger partial charge >= 0.3 is 0 Å². The first kappa shape index (κ1) is 15.5. The van der Waals surface area contributed by atoms with Crippen LogP contribution in [0.2, 0.25) is 0 Å². The van der Waals surface area contributed by atoms with Crippen molar-refractivity contribution in [3.05, 3.63) is 65.2 Å². The van der Waals surface area contributed by atoms with E-state index < -0.39 is 0 Å². The van der Waals surface area contributed by atoms with E-state index in [1.807, 2.05) is 6.07 Å². The molecule has 2 aromatic rings. The largest absolute Gasteiger partial charge is 0.345 e. The van der Waals surface area contributed by atoms with Gasteiger partial charge in [-0.05, 0) is 49.7 Å². The Bertz CT molecular complexity index is 588. The predicted octanol–water partition coefficient (Wildman–Crippen LogP) is 4.52. The van der Waals surface area contributed by atoms with Crippen molar-refractivity contribution in [1.82, 2.24) is 4.90 Å². The molecule has 0 radical (unpaired) electrons. The smallest absolute Gasteiger partial charge is 0.173 e. The van der Waals surface area contributed by atoms with Crippen LogP contribution in [0.1, 0.15) is 23.6 Å². The molecule has 0 bridgehead atoms. The van der Waals surface area contributed by atoms with Crippen molar-refractivity contribution in [3.63, 3.8) is 0 Å². The molecule has 0 spiro atoms. The van der Waals surface area contributed by atoms with Gasteiger partial charge in [-0.15, -0.1) is 0 Å². The topological polar surface area (TPSA) is 15.3 Å². The molecule has 2 nitrogen and oxygen atoms in total. The molecule has 2 aromatic carbocycles. The van der Waals surface area contributed by atoms with Crippen LogP contribution >= 0.6 is 12.2 Å². The summed E-state index contributed by atoms with van der Waals surface area (Å²) in [6.07, 6.45) is 0. The molecule has 0 aliphatic heterocycles. The predicted molar refractivity (Wildman–Crippen MR) is 94.7 cm³/mol. The number of nitrogens with one attached hydrogen (secondary N) is 1. The van der Waals surface area contributed by atoms with Crippen LogP contribution in [0.5, 0.6) is 0 Å². The molecule has 0 saturated heterocycles. The number of aryl methyl sites for hydroxylation is 2. The summed E-state index contributed by atoms with van der Waals surface area (Å²) in [6, 6.07) is 16.7. The maximum Gasteiger partial charge on any atom is 0.173 e. The van der Waals surface area contributed by atoms with Crippen LogP contribution < -0.4 is 5.32 Å². The van der Waals surface area contributed by atoms with Gasteiger partial charge in [0, 0.05) is 18.8 Å². The Morgan fingerprint density at radius 3 is 2.19 bits per heavy atom. The lowest BCUT2D eigenvalue weighted by Crippen LogP contribution is -2.34. The van der Waals surface area contributed by atoms with Crippen molar-refractivity contribution in [2.45, 2.75) is 27.3 Å². The first-order valence-electron chi connectivity index (χ1n) is 7.28. The summed E-state index contributed by atoms with van der Waals surface area (Å²) in [6.45, 7) is 8.04. The van der Waals surface area contributed by atoms with Gasteiger partial charge in [0.25, 0.3) is 0 Å². The van der Waals surface area contributed by atoms with E-state index in [0.29, 0.717) is 0 Å². The molecule has 0 unspecified atom stereocenters. The molecule has 2 rings (SSSR count). The van der Waals surface area contributed by atoms with E-state index in [1.54, 1.807) is 0 Å². The number of thiocarbonyl (C=S) groups is 1. The highest BCUT2D eigenvalue weighted by Crippen LogP contribution is 2.20. The second-order valence-electron chi connectivity index (χ2n) is 5.20. The Labute approximate surface area is 132 Å².